The van der Waals surface area contributed by atoms with Crippen LogP contribution in [0.3, 0.4) is 0 Å². The Morgan fingerprint density at radius 1 is 1.03 bits per heavy atom. The van der Waals surface area contributed by atoms with Gasteiger partial charge in [-0.3, -0.25) is 4.79 Å². The summed E-state index contributed by atoms with van der Waals surface area (Å²) in [4.78, 5) is 23.3. The number of carbonyl (C=O) groups excluding carboxylic acids is 1. The van der Waals surface area contributed by atoms with Crippen molar-refractivity contribution in [1.29, 1.82) is 0 Å². The Labute approximate surface area is 226 Å². The van der Waals surface area contributed by atoms with Crippen LogP contribution >= 0.6 is 11.3 Å². The molecular weight excluding hydrogens is 520 g/mol. The summed E-state index contributed by atoms with van der Waals surface area (Å²) in [6.07, 6.45) is 5.26. The van der Waals surface area contributed by atoms with Crippen LogP contribution in [0.15, 0.2) is 71.6 Å². The number of thiazole rings is 1. The Balaban J connectivity index is 1.34. The molecule has 2 aromatic carbocycles. The maximum Gasteiger partial charge on any atom is 0.240 e. The van der Waals surface area contributed by atoms with Crippen LogP contribution in [0.2, 0.25) is 0 Å². The minimum Gasteiger partial charge on any atom is -0.481 e. The molecule has 1 aliphatic rings. The van der Waals surface area contributed by atoms with Gasteiger partial charge in [0, 0.05) is 12.6 Å². The number of hydrogen-bond acceptors (Lipinski definition) is 7. The number of pyridine rings is 1. The number of sulfonamides is 1. The topological polar surface area (TPSA) is 110 Å². The zero-order valence-electron chi connectivity index (χ0n) is 21.1. The summed E-state index contributed by atoms with van der Waals surface area (Å²) in [6, 6.07) is 19.6. The van der Waals surface area contributed by atoms with E-state index in [4.69, 9.17) is 4.74 Å². The van der Waals surface area contributed by atoms with Gasteiger partial charge in [0.2, 0.25) is 21.8 Å². The van der Waals surface area contributed by atoms with E-state index >= 15 is 0 Å². The molecule has 2 aromatic heterocycles. The van der Waals surface area contributed by atoms with Crippen molar-refractivity contribution in [1.82, 2.24) is 14.7 Å². The number of rotatable bonds is 10. The van der Waals surface area contributed by atoms with E-state index in [-0.39, 0.29) is 17.3 Å². The molecule has 1 aliphatic carbocycles. The lowest BCUT2D eigenvalue weighted by atomic mass is 9.87. The monoisotopic (exact) mass is 550 g/mol. The first-order valence-corrected chi connectivity index (χ1v) is 15.0. The van der Waals surface area contributed by atoms with E-state index in [0.29, 0.717) is 33.7 Å². The van der Waals surface area contributed by atoms with Crippen LogP contribution in [0.5, 0.6) is 5.88 Å². The zero-order valence-corrected chi connectivity index (χ0v) is 22.7. The number of amides is 1. The summed E-state index contributed by atoms with van der Waals surface area (Å²) < 4.78 is 33.6. The number of fused-ring (bicyclic) bond motifs is 1. The van der Waals surface area contributed by atoms with Crippen molar-refractivity contribution in [2.45, 2.75) is 49.5 Å². The van der Waals surface area contributed by atoms with Crippen molar-refractivity contribution in [2.24, 2.45) is 5.92 Å². The van der Waals surface area contributed by atoms with E-state index < -0.39 is 15.9 Å². The van der Waals surface area contributed by atoms with Crippen molar-refractivity contribution < 1.29 is 17.9 Å². The van der Waals surface area contributed by atoms with E-state index in [1.165, 1.54) is 24.2 Å². The number of anilines is 1. The summed E-state index contributed by atoms with van der Waals surface area (Å²) in [5.41, 5.74) is 2.36. The SMILES string of the molecule is COc1ccc2nc(NC(=O)C(CC3CCCC3)c3ccc(S(=O)(=O)NCc4ccccc4)cc3)sc2n1. The lowest BCUT2D eigenvalue weighted by Gasteiger charge is -2.20. The van der Waals surface area contributed by atoms with E-state index in [1.807, 2.05) is 36.4 Å². The average molecular weight is 551 g/mol. The molecule has 0 radical (unpaired) electrons. The predicted octanol–water partition coefficient (Wildman–Crippen LogP) is 5.48. The highest BCUT2D eigenvalue weighted by molar-refractivity contribution is 7.89. The third-order valence-electron chi connectivity index (χ3n) is 6.93. The highest BCUT2D eigenvalue weighted by atomic mass is 32.2. The minimum absolute atomic E-state index is 0.152. The standard InChI is InChI=1S/C28H30N4O4S2/c1-36-25-16-15-24-27(31-25)37-28(30-24)32-26(33)23(17-19-7-5-6-8-19)21-11-13-22(14-12-21)38(34,35)29-18-20-9-3-2-4-10-20/h2-4,9-16,19,23,29H,5-8,17-18H2,1H3,(H,30,32,33). The minimum atomic E-state index is -3.69. The van der Waals surface area contributed by atoms with Gasteiger partial charge in [0.25, 0.3) is 0 Å². The molecule has 0 spiro atoms. The van der Waals surface area contributed by atoms with Crippen LogP contribution in [-0.4, -0.2) is 31.4 Å². The summed E-state index contributed by atoms with van der Waals surface area (Å²) in [7, 11) is -2.13. The van der Waals surface area contributed by atoms with Crippen molar-refractivity contribution in [2.75, 3.05) is 12.4 Å². The largest absolute Gasteiger partial charge is 0.481 e. The van der Waals surface area contributed by atoms with Crippen LogP contribution in [0.1, 0.15) is 49.1 Å². The summed E-state index contributed by atoms with van der Waals surface area (Å²) in [5.74, 6) is 0.386. The first-order chi connectivity index (χ1) is 18.4. The van der Waals surface area contributed by atoms with Crippen LogP contribution < -0.4 is 14.8 Å². The second kappa shape index (κ2) is 11.6. The molecule has 1 amide bonds. The van der Waals surface area contributed by atoms with Crippen molar-refractivity contribution >= 4 is 42.7 Å². The molecule has 5 rings (SSSR count). The predicted molar refractivity (Wildman–Crippen MR) is 149 cm³/mol. The fraction of sp³-hybridized carbons (Fsp3) is 0.321. The molecular formula is C28H30N4O4S2. The molecule has 198 valence electrons. The summed E-state index contributed by atoms with van der Waals surface area (Å²) in [5, 5.41) is 3.46. The number of nitrogens with zero attached hydrogens (tertiary/aromatic N) is 2. The fourth-order valence-corrected chi connectivity index (χ4v) is 6.72. The molecule has 4 aromatic rings. The Hall–Kier alpha value is -3.34. The highest BCUT2D eigenvalue weighted by Gasteiger charge is 2.28. The quantitative estimate of drug-likeness (QED) is 0.271. The van der Waals surface area contributed by atoms with Crippen molar-refractivity contribution in [3.05, 3.63) is 77.9 Å². The Kier molecular flexibility index (Phi) is 8.01. The van der Waals surface area contributed by atoms with Gasteiger partial charge in [-0.1, -0.05) is 79.5 Å². The maximum atomic E-state index is 13.5. The van der Waals surface area contributed by atoms with Gasteiger partial charge in [-0.2, -0.15) is 0 Å². The Bertz CT molecular complexity index is 1500. The van der Waals surface area contributed by atoms with Gasteiger partial charge in [-0.25, -0.2) is 23.1 Å². The third-order valence-corrected chi connectivity index (χ3v) is 9.23. The van der Waals surface area contributed by atoms with Gasteiger partial charge in [-0.05, 0) is 41.7 Å². The number of methoxy groups -OCH3 is 1. The van der Waals surface area contributed by atoms with Crippen LogP contribution in [0, 0.1) is 5.92 Å². The molecule has 1 saturated carbocycles. The van der Waals surface area contributed by atoms with Gasteiger partial charge in [0.1, 0.15) is 10.3 Å². The van der Waals surface area contributed by atoms with E-state index in [1.54, 1.807) is 37.4 Å². The van der Waals surface area contributed by atoms with E-state index in [2.05, 4.69) is 20.0 Å². The second-order valence-corrected chi connectivity index (χ2v) is 12.2. The van der Waals surface area contributed by atoms with Crippen LogP contribution in [0.25, 0.3) is 10.3 Å². The lowest BCUT2D eigenvalue weighted by Crippen LogP contribution is -2.24. The molecule has 0 saturated heterocycles. The molecule has 10 heteroatoms. The molecule has 0 aliphatic heterocycles. The number of ether oxygens (including phenoxy) is 1. The van der Waals surface area contributed by atoms with Crippen LogP contribution in [-0.2, 0) is 21.4 Å². The van der Waals surface area contributed by atoms with Crippen LogP contribution in [0.4, 0.5) is 5.13 Å². The zero-order chi connectivity index (χ0) is 26.5. The normalized spacial score (nSPS) is 15.0. The molecule has 8 nitrogen and oxygen atoms in total. The number of hydrogen-bond donors (Lipinski definition) is 2. The maximum absolute atomic E-state index is 13.5. The average Bonchev–Trinajstić information content (AvgIpc) is 3.60. The van der Waals surface area contributed by atoms with Crippen molar-refractivity contribution in [3.63, 3.8) is 0 Å². The van der Waals surface area contributed by atoms with Gasteiger partial charge < -0.3 is 10.1 Å². The first-order valence-electron chi connectivity index (χ1n) is 12.7. The number of benzene rings is 2. The molecule has 1 atom stereocenters. The second-order valence-electron chi connectivity index (χ2n) is 9.50. The third kappa shape index (κ3) is 6.20. The van der Waals surface area contributed by atoms with Crippen molar-refractivity contribution in [3.8, 4) is 5.88 Å². The molecule has 1 unspecified atom stereocenters. The number of carbonyl (C=O) groups is 1. The summed E-state index contributed by atoms with van der Waals surface area (Å²) in [6.45, 7) is 0.209. The fourth-order valence-electron chi connectivity index (χ4n) is 4.87. The van der Waals surface area contributed by atoms with E-state index in [9.17, 15) is 13.2 Å². The first kappa shape index (κ1) is 26.3. The van der Waals surface area contributed by atoms with Gasteiger partial charge in [0.05, 0.1) is 17.9 Å². The highest BCUT2D eigenvalue weighted by Crippen LogP contribution is 2.36. The van der Waals surface area contributed by atoms with Gasteiger partial charge in [-0.15, -0.1) is 0 Å². The molecule has 2 heterocycles. The smallest absolute Gasteiger partial charge is 0.240 e. The molecule has 2 N–H and O–H groups in total. The Morgan fingerprint density at radius 3 is 2.47 bits per heavy atom. The number of aromatic nitrogens is 2. The molecule has 38 heavy (non-hydrogen) atoms. The lowest BCUT2D eigenvalue weighted by molar-refractivity contribution is -0.118. The van der Waals surface area contributed by atoms with Gasteiger partial charge in [0.15, 0.2) is 5.13 Å². The molecule has 0 bridgehead atoms. The molecule has 1 fully saturated rings. The summed E-state index contributed by atoms with van der Waals surface area (Å²) >= 11 is 1.30. The number of nitrogens with one attached hydrogen (secondary N) is 2. The Morgan fingerprint density at radius 2 is 1.76 bits per heavy atom. The van der Waals surface area contributed by atoms with Gasteiger partial charge >= 0.3 is 0 Å². The van der Waals surface area contributed by atoms with E-state index in [0.717, 1.165) is 24.0 Å².